The van der Waals surface area contributed by atoms with Crippen molar-refractivity contribution >= 4 is 0 Å². The van der Waals surface area contributed by atoms with Gasteiger partial charge in [0.05, 0.1) is 24.5 Å². The molecule has 3 aromatic carbocycles. The third kappa shape index (κ3) is 3.50. The Morgan fingerprint density at radius 1 is 0.919 bits per heavy atom. The van der Waals surface area contributed by atoms with Gasteiger partial charge in [0.25, 0.3) is 5.56 Å². The predicted molar refractivity (Wildman–Crippen MR) is 137 cm³/mol. The van der Waals surface area contributed by atoms with E-state index < -0.39 is 23.2 Å². The number of rotatable bonds is 4. The maximum Gasteiger partial charge on any atom is 0.343 e. The molecule has 0 unspecified atom stereocenters. The Labute approximate surface area is 212 Å². The fraction of sp³-hybridized carbons (Fsp3) is 0.214. The molecule has 0 amide bonds. The Kier molecular flexibility index (Phi) is 5.49. The molecular weight excluding hydrogens is 474 g/mol. The standard InChI is InChI=1S/C28H25N3O6/c1-29-14-13-17-15-20-24(37-16-36-20)25(35-2)21(17)23(29)22-26(32)30(18-9-5-3-6-10-18)28(34)31(27(22)33)19-11-7-4-8-12-19/h3-12,15,23,32H,13-14,16H2,1-2H3/t23-/m1/s1. The molecule has 0 aliphatic carbocycles. The summed E-state index contributed by atoms with van der Waals surface area (Å²) in [5.74, 6) is 1.07. The van der Waals surface area contributed by atoms with Crippen LogP contribution in [-0.4, -0.2) is 46.6 Å². The van der Waals surface area contributed by atoms with Crippen LogP contribution in [0.2, 0.25) is 0 Å². The van der Waals surface area contributed by atoms with Crippen molar-refractivity contribution in [2.45, 2.75) is 12.5 Å². The van der Waals surface area contributed by atoms with Crippen LogP contribution in [-0.2, 0) is 6.42 Å². The highest BCUT2D eigenvalue weighted by Crippen LogP contribution is 2.51. The minimum absolute atomic E-state index is 0.0629. The number of methoxy groups -OCH3 is 1. The van der Waals surface area contributed by atoms with E-state index in [-0.39, 0.29) is 12.4 Å². The molecular formula is C28H25N3O6. The third-order valence-electron chi connectivity index (χ3n) is 6.97. The van der Waals surface area contributed by atoms with Gasteiger partial charge in [0, 0.05) is 12.1 Å². The van der Waals surface area contributed by atoms with Crippen molar-refractivity contribution in [3.63, 3.8) is 0 Å². The maximum atomic E-state index is 14.1. The Morgan fingerprint density at radius 2 is 1.57 bits per heavy atom. The first-order valence-electron chi connectivity index (χ1n) is 11.9. The number of fused-ring (bicyclic) bond motifs is 2. The molecule has 9 nitrogen and oxygen atoms in total. The SMILES string of the molecule is COc1c2c(cc3c1[C@H](c1c(O)n(-c4ccccc4)c(=O)n(-c4ccccc4)c1=O)N(C)CC3)OCO2. The average Bonchev–Trinajstić information content (AvgIpc) is 3.38. The van der Waals surface area contributed by atoms with E-state index >= 15 is 0 Å². The van der Waals surface area contributed by atoms with Crippen molar-refractivity contribution in [2.75, 3.05) is 27.5 Å². The molecule has 0 spiro atoms. The van der Waals surface area contributed by atoms with E-state index in [1.165, 1.54) is 11.7 Å². The zero-order valence-electron chi connectivity index (χ0n) is 20.4. The third-order valence-corrected chi connectivity index (χ3v) is 6.97. The van der Waals surface area contributed by atoms with E-state index in [9.17, 15) is 14.7 Å². The van der Waals surface area contributed by atoms with Crippen LogP contribution in [0.3, 0.4) is 0 Å². The van der Waals surface area contributed by atoms with Crippen molar-refractivity contribution in [1.29, 1.82) is 0 Å². The smallest absolute Gasteiger partial charge is 0.343 e. The summed E-state index contributed by atoms with van der Waals surface area (Å²) in [6, 6.07) is 18.7. The second kappa shape index (κ2) is 8.86. The number of para-hydroxylation sites is 2. The van der Waals surface area contributed by atoms with Gasteiger partial charge >= 0.3 is 5.69 Å². The highest BCUT2D eigenvalue weighted by atomic mass is 16.7. The molecule has 0 bridgehead atoms. The van der Waals surface area contributed by atoms with E-state index in [1.807, 2.05) is 30.1 Å². The van der Waals surface area contributed by atoms with Crippen molar-refractivity contribution < 1.29 is 19.3 Å². The van der Waals surface area contributed by atoms with E-state index in [0.717, 1.165) is 10.1 Å². The second-order valence-electron chi connectivity index (χ2n) is 9.02. The lowest BCUT2D eigenvalue weighted by Gasteiger charge is -2.36. The van der Waals surface area contributed by atoms with Crippen LogP contribution < -0.4 is 25.5 Å². The molecule has 0 saturated heterocycles. The van der Waals surface area contributed by atoms with E-state index in [0.29, 0.717) is 47.2 Å². The lowest BCUT2D eigenvalue weighted by atomic mass is 9.87. The van der Waals surface area contributed by atoms with Gasteiger partial charge in [-0.2, -0.15) is 0 Å². The lowest BCUT2D eigenvalue weighted by Crippen LogP contribution is -2.44. The van der Waals surface area contributed by atoms with Gasteiger partial charge in [-0.05, 0) is 49.4 Å². The minimum atomic E-state index is -0.716. The first-order chi connectivity index (χ1) is 18.0. The summed E-state index contributed by atoms with van der Waals surface area (Å²) in [6.45, 7) is 0.676. The first-order valence-corrected chi connectivity index (χ1v) is 11.9. The van der Waals surface area contributed by atoms with Crippen LogP contribution in [0.25, 0.3) is 11.4 Å². The fourth-order valence-electron chi connectivity index (χ4n) is 5.27. The minimum Gasteiger partial charge on any atom is -0.494 e. The van der Waals surface area contributed by atoms with Crippen molar-refractivity contribution in [3.05, 3.63) is 104 Å². The van der Waals surface area contributed by atoms with Gasteiger partial charge in [0.1, 0.15) is 5.56 Å². The molecule has 0 saturated carbocycles. The van der Waals surface area contributed by atoms with Crippen LogP contribution in [0.4, 0.5) is 0 Å². The summed E-state index contributed by atoms with van der Waals surface area (Å²) < 4.78 is 19.4. The van der Waals surface area contributed by atoms with Crippen LogP contribution >= 0.6 is 0 Å². The van der Waals surface area contributed by atoms with Gasteiger partial charge in [0.2, 0.25) is 18.4 Å². The molecule has 6 rings (SSSR count). The number of hydrogen-bond donors (Lipinski definition) is 1. The zero-order chi connectivity index (χ0) is 25.7. The van der Waals surface area contributed by atoms with Gasteiger partial charge in [-0.3, -0.25) is 9.69 Å². The van der Waals surface area contributed by atoms with Crippen molar-refractivity contribution in [1.82, 2.24) is 14.0 Å². The number of ether oxygens (including phenoxy) is 3. The van der Waals surface area contributed by atoms with Gasteiger partial charge in [-0.1, -0.05) is 36.4 Å². The normalized spacial score (nSPS) is 16.4. The highest BCUT2D eigenvalue weighted by molar-refractivity contribution is 5.63. The number of nitrogens with zero attached hydrogens (tertiary/aromatic N) is 3. The van der Waals surface area contributed by atoms with Crippen molar-refractivity contribution in [3.8, 4) is 34.5 Å². The van der Waals surface area contributed by atoms with Crippen LogP contribution in [0.5, 0.6) is 23.1 Å². The largest absolute Gasteiger partial charge is 0.494 e. The summed E-state index contributed by atoms with van der Waals surface area (Å²) in [5, 5.41) is 11.7. The molecule has 1 atom stereocenters. The number of aromatic hydroxyl groups is 1. The molecule has 4 aromatic rings. The lowest BCUT2D eigenvalue weighted by molar-refractivity contribution is 0.170. The molecule has 37 heavy (non-hydrogen) atoms. The summed E-state index contributed by atoms with van der Waals surface area (Å²) in [4.78, 5) is 29.9. The molecule has 9 heteroatoms. The summed E-state index contributed by atoms with van der Waals surface area (Å²) in [5.41, 5.74) is 1.25. The zero-order valence-corrected chi connectivity index (χ0v) is 20.4. The van der Waals surface area contributed by atoms with Gasteiger partial charge in [0.15, 0.2) is 11.5 Å². The number of benzene rings is 3. The Bertz CT molecular complexity index is 1610. The van der Waals surface area contributed by atoms with Crippen LogP contribution in [0, 0.1) is 0 Å². The van der Waals surface area contributed by atoms with Gasteiger partial charge in [-0.25, -0.2) is 13.9 Å². The monoisotopic (exact) mass is 499 g/mol. The van der Waals surface area contributed by atoms with E-state index in [4.69, 9.17) is 14.2 Å². The molecule has 1 N–H and O–H groups in total. The van der Waals surface area contributed by atoms with Crippen LogP contribution in [0.1, 0.15) is 22.7 Å². The van der Waals surface area contributed by atoms with Gasteiger partial charge in [-0.15, -0.1) is 0 Å². The highest BCUT2D eigenvalue weighted by Gasteiger charge is 2.39. The number of likely N-dealkylation sites (N-methyl/N-ethyl adjacent to an activating group) is 1. The summed E-state index contributed by atoms with van der Waals surface area (Å²) in [7, 11) is 3.41. The molecule has 0 fully saturated rings. The fourth-order valence-corrected chi connectivity index (χ4v) is 5.27. The Morgan fingerprint density at radius 3 is 2.22 bits per heavy atom. The van der Waals surface area contributed by atoms with E-state index in [2.05, 4.69) is 0 Å². The average molecular weight is 500 g/mol. The quantitative estimate of drug-likeness (QED) is 0.461. The summed E-state index contributed by atoms with van der Waals surface area (Å²) >= 11 is 0. The maximum absolute atomic E-state index is 14.1. The number of hydrogen-bond acceptors (Lipinski definition) is 7. The van der Waals surface area contributed by atoms with Crippen molar-refractivity contribution in [2.24, 2.45) is 0 Å². The van der Waals surface area contributed by atoms with Gasteiger partial charge < -0.3 is 19.3 Å². The van der Waals surface area contributed by atoms with E-state index in [1.54, 1.807) is 48.5 Å². The first kappa shape index (κ1) is 22.9. The summed E-state index contributed by atoms with van der Waals surface area (Å²) in [6.07, 6.45) is 0.682. The Hall–Kier alpha value is -4.50. The topological polar surface area (TPSA) is 95.2 Å². The number of aromatic nitrogens is 2. The molecule has 0 radical (unpaired) electrons. The molecule has 188 valence electrons. The second-order valence-corrected chi connectivity index (χ2v) is 9.02. The van der Waals surface area contributed by atoms with Crippen LogP contribution in [0.15, 0.2) is 76.3 Å². The Balaban J connectivity index is 1.71. The predicted octanol–water partition coefficient (Wildman–Crippen LogP) is 3.01. The molecule has 2 aliphatic rings. The molecule has 2 aliphatic heterocycles. The molecule has 1 aromatic heterocycles. The molecule has 3 heterocycles.